The normalized spacial score (nSPS) is 15.0. The zero-order chi connectivity index (χ0) is 20.6. The van der Waals surface area contributed by atoms with E-state index in [-0.39, 0.29) is 24.2 Å². The summed E-state index contributed by atoms with van der Waals surface area (Å²) < 4.78 is 13.6. The van der Waals surface area contributed by atoms with Crippen molar-refractivity contribution < 1.29 is 14.0 Å². The highest BCUT2D eigenvalue weighted by molar-refractivity contribution is 5.94. The Morgan fingerprint density at radius 3 is 2.52 bits per heavy atom. The molecule has 5 nitrogen and oxygen atoms in total. The molecule has 1 saturated heterocycles. The summed E-state index contributed by atoms with van der Waals surface area (Å²) in [5.74, 6) is -0.539. The fourth-order valence-electron chi connectivity index (χ4n) is 3.60. The quantitative estimate of drug-likeness (QED) is 0.782. The zero-order valence-electron chi connectivity index (χ0n) is 16.8. The predicted octanol–water partition coefficient (Wildman–Crippen LogP) is 2.89. The van der Waals surface area contributed by atoms with Crippen LogP contribution in [-0.2, 0) is 4.79 Å². The molecule has 2 amide bonds. The Morgan fingerprint density at radius 1 is 1.10 bits per heavy atom. The number of rotatable bonds is 7. The van der Waals surface area contributed by atoms with Crippen molar-refractivity contribution in [2.24, 2.45) is 0 Å². The minimum Gasteiger partial charge on any atom is -0.340 e. The molecule has 1 heterocycles. The molecule has 0 aliphatic carbocycles. The van der Waals surface area contributed by atoms with Crippen LogP contribution in [0.3, 0.4) is 0 Å². The van der Waals surface area contributed by atoms with Crippen molar-refractivity contribution in [3.63, 3.8) is 0 Å². The third-order valence-electron chi connectivity index (χ3n) is 5.29. The van der Waals surface area contributed by atoms with Crippen molar-refractivity contribution in [3.8, 4) is 0 Å². The lowest BCUT2D eigenvalue weighted by Gasteiger charge is -2.30. The molecule has 0 aromatic heterocycles. The van der Waals surface area contributed by atoms with Crippen molar-refractivity contribution in [2.45, 2.75) is 19.3 Å². The molecular weight excluding hydrogens is 369 g/mol. The van der Waals surface area contributed by atoms with E-state index in [1.54, 1.807) is 11.0 Å². The summed E-state index contributed by atoms with van der Waals surface area (Å²) in [4.78, 5) is 29.2. The van der Waals surface area contributed by atoms with Gasteiger partial charge in [-0.2, -0.15) is 0 Å². The molecule has 3 rings (SSSR count). The monoisotopic (exact) mass is 397 g/mol. The van der Waals surface area contributed by atoms with Gasteiger partial charge in [0.05, 0.1) is 0 Å². The highest BCUT2D eigenvalue weighted by Crippen LogP contribution is 2.18. The topological polar surface area (TPSA) is 52.7 Å². The Hall–Kier alpha value is -2.73. The van der Waals surface area contributed by atoms with E-state index in [0.29, 0.717) is 31.7 Å². The molecule has 29 heavy (non-hydrogen) atoms. The number of amides is 2. The van der Waals surface area contributed by atoms with Gasteiger partial charge in [0.2, 0.25) is 5.91 Å². The minimum atomic E-state index is -0.441. The Bertz CT molecular complexity index is 822. The first-order chi connectivity index (χ1) is 14.0. The molecule has 6 heteroatoms. The Kier molecular flexibility index (Phi) is 7.36. The highest BCUT2D eigenvalue weighted by Gasteiger charge is 2.22. The maximum atomic E-state index is 13.6. The second-order valence-corrected chi connectivity index (χ2v) is 7.45. The van der Waals surface area contributed by atoms with Crippen LogP contribution in [0.2, 0.25) is 0 Å². The van der Waals surface area contributed by atoms with Crippen molar-refractivity contribution in [3.05, 3.63) is 71.5 Å². The number of hydrogen-bond acceptors (Lipinski definition) is 3. The minimum absolute atomic E-state index is 0.0518. The lowest BCUT2D eigenvalue weighted by molar-refractivity contribution is -0.131. The molecule has 0 spiro atoms. The summed E-state index contributed by atoms with van der Waals surface area (Å²) >= 11 is 0. The Labute approximate surface area is 171 Å². The molecular formula is C23H28FN3O2. The van der Waals surface area contributed by atoms with Crippen LogP contribution in [0.5, 0.6) is 0 Å². The summed E-state index contributed by atoms with van der Waals surface area (Å²) in [5.41, 5.74) is 1.43. The third kappa shape index (κ3) is 5.87. The van der Waals surface area contributed by atoms with E-state index < -0.39 is 5.82 Å². The molecule has 1 atom stereocenters. The Balaban J connectivity index is 1.71. The molecule has 2 aromatic carbocycles. The smallest absolute Gasteiger partial charge is 0.253 e. The molecule has 0 saturated carbocycles. The molecule has 0 radical (unpaired) electrons. The van der Waals surface area contributed by atoms with Crippen LogP contribution in [0.1, 0.15) is 35.2 Å². The zero-order valence-corrected chi connectivity index (χ0v) is 16.8. The SMILES string of the molecule is C[C@@H](CN(CCC(=O)N1CCNCC1)C(=O)c1cccc(F)c1)c1ccccc1. The predicted molar refractivity (Wildman–Crippen MR) is 111 cm³/mol. The molecule has 1 N–H and O–H groups in total. The van der Waals surface area contributed by atoms with E-state index in [4.69, 9.17) is 0 Å². The highest BCUT2D eigenvalue weighted by atomic mass is 19.1. The second kappa shape index (κ2) is 10.2. The van der Waals surface area contributed by atoms with Gasteiger partial charge in [-0.05, 0) is 29.7 Å². The first kappa shape index (κ1) is 21.0. The van der Waals surface area contributed by atoms with E-state index in [1.165, 1.54) is 18.2 Å². The maximum Gasteiger partial charge on any atom is 0.253 e. The van der Waals surface area contributed by atoms with Gasteiger partial charge in [-0.25, -0.2) is 4.39 Å². The molecule has 2 aromatic rings. The standard InChI is InChI=1S/C23H28FN3O2/c1-18(19-6-3-2-4-7-19)17-27(23(29)20-8-5-9-21(24)16-20)13-10-22(28)26-14-11-25-12-15-26/h2-9,16,18,25H,10-15,17H2,1H3/t18-/m0/s1. The van der Waals surface area contributed by atoms with Crippen LogP contribution in [0, 0.1) is 5.82 Å². The third-order valence-corrected chi connectivity index (χ3v) is 5.29. The summed E-state index contributed by atoms with van der Waals surface area (Å²) in [6, 6.07) is 15.7. The summed E-state index contributed by atoms with van der Waals surface area (Å²) in [7, 11) is 0. The maximum absolute atomic E-state index is 13.6. The van der Waals surface area contributed by atoms with Crippen LogP contribution in [0.4, 0.5) is 4.39 Å². The van der Waals surface area contributed by atoms with Gasteiger partial charge in [-0.3, -0.25) is 9.59 Å². The number of carbonyl (C=O) groups excluding carboxylic acids is 2. The van der Waals surface area contributed by atoms with Crippen LogP contribution in [0.15, 0.2) is 54.6 Å². The van der Waals surface area contributed by atoms with Gasteiger partial charge < -0.3 is 15.1 Å². The van der Waals surface area contributed by atoms with E-state index >= 15 is 0 Å². The molecule has 154 valence electrons. The number of nitrogens with zero attached hydrogens (tertiary/aromatic N) is 2. The fraction of sp³-hybridized carbons (Fsp3) is 0.391. The fourth-order valence-corrected chi connectivity index (χ4v) is 3.60. The van der Waals surface area contributed by atoms with Crippen LogP contribution in [-0.4, -0.2) is 60.9 Å². The summed E-state index contributed by atoms with van der Waals surface area (Å²) in [6.45, 7) is 5.81. The average molecular weight is 397 g/mol. The van der Waals surface area contributed by atoms with Crippen molar-refractivity contribution in [2.75, 3.05) is 39.3 Å². The number of halogens is 1. The number of piperazine rings is 1. The van der Waals surface area contributed by atoms with Gasteiger partial charge in [-0.15, -0.1) is 0 Å². The van der Waals surface area contributed by atoms with Crippen LogP contribution < -0.4 is 5.32 Å². The van der Waals surface area contributed by atoms with E-state index in [2.05, 4.69) is 12.2 Å². The van der Waals surface area contributed by atoms with Gasteiger partial charge in [0.25, 0.3) is 5.91 Å². The Morgan fingerprint density at radius 2 is 1.83 bits per heavy atom. The molecule has 1 aliphatic heterocycles. The number of carbonyl (C=O) groups is 2. The van der Waals surface area contributed by atoms with E-state index in [0.717, 1.165) is 18.7 Å². The number of nitrogens with one attached hydrogen (secondary N) is 1. The lowest BCUT2D eigenvalue weighted by Crippen LogP contribution is -2.47. The van der Waals surface area contributed by atoms with Crippen molar-refractivity contribution in [1.29, 1.82) is 0 Å². The van der Waals surface area contributed by atoms with Gasteiger partial charge in [0.1, 0.15) is 5.82 Å². The molecule has 1 fully saturated rings. The van der Waals surface area contributed by atoms with Crippen LogP contribution in [0.25, 0.3) is 0 Å². The van der Waals surface area contributed by atoms with Gasteiger partial charge in [0, 0.05) is 51.3 Å². The van der Waals surface area contributed by atoms with Gasteiger partial charge in [0.15, 0.2) is 0 Å². The van der Waals surface area contributed by atoms with Gasteiger partial charge >= 0.3 is 0 Å². The van der Waals surface area contributed by atoms with Gasteiger partial charge in [-0.1, -0.05) is 43.3 Å². The van der Waals surface area contributed by atoms with Crippen molar-refractivity contribution >= 4 is 11.8 Å². The summed E-state index contributed by atoms with van der Waals surface area (Å²) in [6.07, 6.45) is 0.266. The molecule has 0 unspecified atom stereocenters. The molecule has 1 aliphatic rings. The number of hydrogen-bond donors (Lipinski definition) is 1. The van der Waals surface area contributed by atoms with Crippen molar-refractivity contribution in [1.82, 2.24) is 15.1 Å². The number of benzene rings is 2. The molecule has 0 bridgehead atoms. The van der Waals surface area contributed by atoms with E-state index in [1.807, 2.05) is 35.2 Å². The lowest BCUT2D eigenvalue weighted by atomic mass is 10.00. The second-order valence-electron chi connectivity index (χ2n) is 7.45. The first-order valence-electron chi connectivity index (χ1n) is 10.1. The first-order valence-corrected chi connectivity index (χ1v) is 10.1. The largest absolute Gasteiger partial charge is 0.340 e. The van der Waals surface area contributed by atoms with E-state index in [9.17, 15) is 14.0 Å². The summed E-state index contributed by atoms with van der Waals surface area (Å²) in [5, 5.41) is 3.23. The van der Waals surface area contributed by atoms with Crippen LogP contribution >= 0.6 is 0 Å². The average Bonchev–Trinajstić information content (AvgIpc) is 2.77.